The number of hydrogen-bond donors (Lipinski definition) is 2. The number of hydrogen-bond acceptors (Lipinski definition) is 3. The van der Waals surface area contributed by atoms with Crippen molar-refractivity contribution in [3.8, 4) is 0 Å². The molecule has 1 heterocycles. The summed E-state index contributed by atoms with van der Waals surface area (Å²) in [6.07, 6.45) is 1.02. The highest BCUT2D eigenvalue weighted by Crippen LogP contribution is 2.15. The normalized spacial score (nSPS) is 12.3. The summed E-state index contributed by atoms with van der Waals surface area (Å²) >= 11 is 0. The summed E-state index contributed by atoms with van der Waals surface area (Å²) in [5.41, 5.74) is 2.28. The van der Waals surface area contributed by atoms with Gasteiger partial charge in [-0.3, -0.25) is 9.89 Å². The molecule has 0 fully saturated rings. The number of imidazole rings is 1. The highest BCUT2D eigenvalue weighted by Gasteiger charge is 2.07. The Kier molecular flexibility index (Phi) is 7.91. The van der Waals surface area contributed by atoms with E-state index in [1.807, 2.05) is 13.1 Å². The number of rotatable bonds is 9. The molecule has 2 aromatic rings. The van der Waals surface area contributed by atoms with Gasteiger partial charge in [-0.15, -0.1) is 0 Å². The predicted octanol–water partition coefficient (Wildman–Crippen LogP) is 2.63. The highest BCUT2D eigenvalue weighted by molar-refractivity contribution is 5.79. The summed E-state index contributed by atoms with van der Waals surface area (Å²) in [5.74, 6) is 1.94. The van der Waals surface area contributed by atoms with Crippen LogP contribution in [-0.4, -0.2) is 59.7 Å². The minimum atomic E-state index is 0.574. The molecule has 2 rings (SSSR count). The van der Waals surface area contributed by atoms with E-state index in [4.69, 9.17) is 0 Å². The number of nitrogens with one attached hydrogen (secondary N) is 2. The second-order valence-electron chi connectivity index (χ2n) is 6.80. The van der Waals surface area contributed by atoms with Crippen LogP contribution in [0.4, 0.5) is 0 Å². The van der Waals surface area contributed by atoms with Gasteiger partial charge in [-0.05, 0) is 45.9 Å². The monoisotopic (exact) mass is 358 g/mol. The van der Waals surface area contributed by atoms with Crippen LogP contribution in [0.3, 0.4) is 0 Å². The molecule has 0 bridgehead atoms. The molecule has 26 heavy (non-hydrogen) atoms. The fraction of sp³-hybridized carbons (Fsp3) is 0.600. The largest absolute Gasteiger partial charge is 0.356 e. The van der Waals surface area contributed by atoms with E-state index in [2.05, 4.69) is 76.0 Å². The fourth-order valence-corrected chi connectivity index (χ4v) is 3.24. The van der Waals surface area contributed by atoms with E-state index in [1.165, 1.54) is 5.52 Å². The number of aliphatic imine (C=N–C) groups is 1. The van der Waals surface area contributed by atoms with E-state index in [0.717, 1.165) is 56.4 Å². The quantitative estimate of drug-likeness (QED) is 0.411. The first-order chi connectivity index (χ1) is 12.6. The van der Waals surface area contributed by atoms with Crippen LogP contribution in [0.25, 0.3) is 11.0 Å². The third-order valence-corrected chi connectivity index (χ3v) is 4.75. The van der Waals surface area contributed by atoms with Gasteiger partial charge in [0.2, 0.25) is 0 Å². The molecule has 0 amide bonds. The summed E-state index contributed by atoms with van der Waals surface area (Å²) in [4.78, 5) is 11.4. The van der Waals surface area contributed by atoms with E-state index in [-0.39, 0.29) is 0 Å². The number of guanidine groups is 1. The van der Waals surface area contributed by atoms with Crippen molar-refractivity contribution in [2.75, 3.05) is 33.2 Å². The third-order valence-electron chi connectivity index (χ3n) is 4.75. The summed E-state index contributed by atoms with van der Waals surface area (Å²) in [5, 5.41) is 6.81. The molecule has 0 atom stereocenters. The van der Waals surface area contributed by atoms with Gasteiger partial charge in [0.05, 0.1) is 11.0 Å². The predicted molar refractivity (Wildman–Crippen MR) is 111 cm³/mol. The topological polar surface area (TPSA) is 57.5 Å². The molecule has 0 aliphatic rings. The Morgan fingerprint density at radius 3 is 2.65 bits per heavy atom. The minimum absolute atomic E-state index is 0.574. The van der Waals surface area contributed by atoms with Crippen molar-refractivity contribution < 1.29 is 0 Å². The maximum Gasteiger partial charge on any atom is 0.191 e. The zero-order chi connectivity index (χ0) is 18.9. The van der Waals surface area contributed by atoms with Crippen LogP contribution >= 0.6 is 0 Å². The van der Waals surface area contributed by atoms with Crippen LogP contribution in [0.1, 0.15) is 33.0 Å². The maximum atomic E-state index is 4.62. The molecule has 0 saturated carbocycles. The number of benzene rings is 1. The second kappa shape index (κ2) is 10.2. The lowest BCUT2D eigenvalue weighted by Gasteiger charge is -2.25. The van der Waals surface area contributed by atoms with Crippen molar-refractivity contribution in [2.45, 2.75) is 46.7 Å². The van der Waals surface area contributed by atoms with Crippen molar-refractivity contribution in [3.05, 3.63) is 30.1 Å². The van der Waals surface area contributed by atoms with Crippen molar-refractivity contribution in [1.29, 1.82) is 0 Å². The van der Waals surface area contributed by atoms with Crippen LogP contribution in [0.2, 0.25) is 0 Å². The van der Waals surface area contributed by atoms with E-state index >= 15 is 0 Å². The summed E-state index contributed by atoms with van der Waals surface area (Å²) in [7, 11) is 1.82. The lowest BCUT2D eigenvalue weighted by atomic mass is 10.3. The molecule has 1 aromatic heterocycles. The lowest BCUT2D eigenvalue weighted by molar-refractivity contribution is 0.237. The first kappa shape index (κ1) is 20.2. The Labute approximate surface area is 157 Å². The molecule has 0 unspecified atom stereocenters. The average molecular weight is 359 g/mol. The average Bonchev–Trinajstić information content (AvgIpc) is 2.95. The van der Waals surface area contributed by atoms with Crippen LogP contribution in [0.15, 0.2) is 29.3 Å². The first-order valence-electron chi connectivity index (χ1n) is 9.67. The van der Waals surface area contributed by atoms with E-state index < -0.39 is 0 Å². The summed E-state index contributed by atoms with van der Waals surface area (Å²) in [6, 6.07) is 8.89. The lowest BCUT2D eigenvalue weighted by Crippen LogP contribution is -2.43. The Morgan fingerprint density at radius 1 is 1.23 bits per heavy atom. The molecule has 0 spiro atoms. The van der Waals surface area contributed by atoms with Crippen LogP contribution in [0.5, 0.6) is 0 Å². The fourth-order valence-electron chi connectivity index (χ4n) is 3.24. The molecule has 0 aliphatic heterocycles. The smallest absolute Gasteiger partial charge is 0.191 e. The molecular formula is C20H34N6. The number of para-hydroxylation sites is 2. The van der Waals surface area contributed by atoms with Crippen LogP contribution in [0, 0.1) is 6.92 Å². The van der Waals surface area contributed by atoms with Gasteiger partial charge in [0.15, 0.2) is 5.96 Å². The molecule has 2 N–H and O–H groups in total. The van der Waals surface area contributed by atoms with Gasteiger partial charge < -0.3 is 15.2 Å². The minimum Gasteiger partial charge on any atom is -0.356 e. The molecule has 0 saturated heterocycles. The molecule has 6 heteroatoms. The number of fused-ring (bicyclic) bond motifs is 1. The second-order valence-corrected chi connectivity index (χ2v) is 6.80. The van der Waals surface area contributed by atoms with Gasteiger partial charge in [-0.25, -0.2) is 4.98 Å². The summed E-state index contributed by atoms with van der Waals surface area (Å²) < 4.78 is 2.29. The molecular weight excluding hydrogens is 324 g/mol. The number of aromatic nitrogens is 2. The third kappa shape index (κ3) is 5.46. The Bertz CT molecular complexity index is 703. The summed E-state index contributed by atoms with van der Waals surface area (Å²) in [6.45, 7) is 13.6. The zero-order valence-electron chi connectivity index (χ0n) is 16.9. The van der Waals surface area contributed by atoms with Gasteiger partial charge in [-0.1, -0.05) is 19.1 Å². The van der Waals surface area contributed by atoms with Gasteiger partial charge in [0, 0.05) is 39.3 Å². The molecule has 144 valence electrons. The Balaban J connectivity index is 1.74. The molecule has 1 aromatic carbocycles. The molecule has 0 aliphatic carbocycles. The van der Waals surface area contributed by atoms with E-state index in [0.29, 0.717) is 6.04 Å². The Morgan fingerprint density at radius 2 is 1.96 bits per heavy atom. The van der Waals surface area contributed by atoms with Gasteiger partial charge >= 0.3 is 0 Å². The van der Waals surface area contributed by atoms with Crippen LogP contribution < -0.4 is 10.6 Å². The first-order valence-corrected chi connectivity index (χ1v) is 9.67. The Hall–Kier alpha value is -2.08. The molecule has 6 nitrogen and oxygen atoms in total. The van der Waals surface area contributed by atoms with Gasteiger partial charge in [0.25, 0.3) is 0 Å². The van der Waals surface area contributed by atoms with E-state index in [1.54, 1.807) is 0 Å². The van der Waals surface area contributed by atoms with Gasteiger partial charge in [0.1, 0.15) is 5.82 Å². The van der Waals surface area contributed by atoms with Crippen molar-refractivity contribution >= 4 is 17.0 Å². The number of nitrogens with zero attached hydrogens (tertiary/aromatic N) is 4. The number of likely N-dealkylation sites (N-methyl/N-ethyl adjacent to an activating group) is 1. The SMILES string of the molecule is CCN(CCNC(=NC)NCCCn1c(C)nc2ccccc21)C(C)C. The maximum absolute atomic E-state index is 4.62. The molecule has 0 radical (unpaired) electrons. The highest BCUT2D eigenvalue weighted by atomic mass is 15.2. The number of aryl methyl sites for hydroxylation is 2. The standard InChI is InChI=1S/C20H34N6/c1-6-25(16(2)3)15-13-23-20(21-5)22-12-9-14-26-17(4)24-18-10-7-8-11-19(18)26/h7-8,10-11,16H,6,9,12-15H2,1-5H3,(H2,21,22,23). The van der Waals surface area contributed by atoms with Crippen molar-refractivity contribution in [2.24, 2.45) is 4.99 Å². The van der Waals surface area contributed by atoms with Crippen molar-refractivity contribution in [3.63, 3.8) is 0 Å². The zero-order valence-corrected chi connectivity index (χ0v) is 16.9. The van der Waals surface area contributed by atoms with Crippen LogP contribution in [-0.2, 0) is 6.54 Å². The van der Waals surface area contributed by atoms with Gasteiger partial charge in [-0.2, -0.15) is 0 Å². The van der Waals surface area contributed by atoms with E-state index in [9.17, 15) is 0 Å². The van der Waals surface area contributed by atoms with Crippen molar-refractivity contribution in [1.82, 2.24) is 25.1 Å².